The van der Waals surface area contributed by atoms with Gasteiger partial charge in [-0.2, -0.15) is 4.98 Å². The Bertz CT molecular complexity index is 1060. The van der Waals surface area contributed by atoms with E-state index in [4.69, 9.17) is 4.52 Å². The third-order valence-corrected chi connectivity index (χ3v) is 6.01. The Morgan fingerprint density at radius 3 is 2.84 bits per heavy atom. The van der Waals surface area contributed by atoms with E-state index in [1.165, 1.54) is 0 Å². The molecule has 1 aromatic carbocycles. The van der Waals surface area contributed by atoms with Gasteiger partial charge in [0, 0.05) is 38.0 Å². The number of aromatic nitrogens is 5. The number of aliphatic hydroxyl groups excluding tert-OH is 1. The van der Waals surface area contributed by atoms with Gasteiger partial charge in [-0.15, -0.1) is 10.2 Å². The molecule has 1 saturated heterocycles. The lowest BCUT2D eigenvalue weighted by atomic mass is 10.2. The van der Waals surface area contributed by atoms with Crippen molar-refractivity contribution < 1.29 is 14.4 Å². The summed E-state index contributed by atoms with van der Waals surface area (Å²) in [6.45, 7) is 2.33. The van der Waals surface area contributed by atoms with Crippen LogP contribution in [0, 0.1) is 0 Å². The first-order valence-corrected chi connectivity index (χ1v) is 10.5. The van der Waals surface area contributed by atoms with Crippen LogP contribution >= 0.6 is 0 Å². The molecule has 2 atom stereocenters. The summed E-state index contributed by atoms with van der Waals surface area (Å²) in [5, 5.41) is 22.6. The lowest BCUT2D eigenvalue weighted by Gasteiger charge is -2.29. The Balaban J connectivity index is 1.19. The fraction of sp³-hybridized carbons (Fsp3) is 0.476. The minimum Gasteiger partial charge on any atom is -0.392 e. The van der Waals surface area contributed by atoms with Crippen molar-refractivity contribution >= 4 is 5.91 Å². The van der Waals surface area contributed by atoms with Gasteiger partial charge in [0.05, 0.1) is 18.7 Å². The molecule has 2 aromatic heterocycles. The lowest BCUT2D eigenvalue weighted by Crippen LogP contribution is -2.39. The van der Waals surface area contributed by atoms with E-state index in [1.807, 2.05) is 37.4 Å². The molecular formula is C21H25N7O3. The number of fused-ring (bicyclic) bond motifs is 1. The number of hydrogen-bond donors (Lipinski definition) is 1. The largest absolute Gasteiger partial charge is 0.392 e. The van der Waals surface area contributed by atoms with Crippen molar-refractivity contribution in [3.63, 3.8) is 0 Å². The van der Waals surface area contributed by atoms with Gasteiger partial charge >= 0.3 is 0 Å². The van der Waals surface area contributed by atoms with Crippen LogP contribution in [0.3, 0.4) is 0 Å². The second-order valence-corrected chi connectivity index (χ2v) is 8.16. The van der Waals surface area contributed by atoms with Gasteiger partial charge in [0.25, 0.3) is 0 Å². The van der Waals surface area contributed by atoms with E-state index < -0.39 is 0 Å². The highest BCUT2D eigenvalue weighted by Crippen LogP contribution is 2.31. The van der Waals surface area contributed by atoms with E-state index in [2.05, 4.69) is 29.8 Å². The monoisotopic (exact) mass is 423 g/mol. The van der Waals surface area contributed by atoms with Gasteiger partial charge in [0.2, 0.25) is 17.6 Å². The first-order valence-electron chi connectivity index (χ1n) is 10.5. The second-order valence-electron chi connectivity index (χ2n) is 8.16. The second kappa shape index (κ2) is 8.20. The summed E-state index contributed by atoms with van der Waals surface area (Å²) in [5.74, 6) is 2.68. The van der Waals surface area contributed by atoms with Crippen LogP contribution in [0.2, 0.25) is 0 Å². The third kappa shape index (κ3) is 3.96. The van der Waals surface area contributed by atoms with Crippen molar-refractivity contribution in [1.29, 1.82) is 0 Å². The van der Waals surface area contributed by atoms with E-state index in [0.717, 1.165) is 17.2 Å². The van der Waals surface area contributed by atoms with Gasteiger partial charge in [-0.25, -0.2) is 0 Å². The molecule has 0 bridgehead atoms. The maximum absolute atomic E-state index is 12.8. The molecule has 10 heteroatoms. The Morgan fingerprint density at radius 1 is 1.23 bits per heavy atom. The number of carbonyl (C=O) groups excluding carboxylic acids is 1. The maximum atomic E-state index is 12.8. The predicted molar refractivity (Wildman–Crippen MR) is 109 cm³/mol. The Hall–Kier alpha value is -3.11. The van der Waals surface area contributed by atoms with E-state index in [1.54, 1.807) is 4.90 Å². The zero-order chi connectivity index (χ0) is 21.4. The van der Waals surface area contributed by atoms with Gasteiger partial charge in [-0.3, -0.25) is 9.69 Å². The Morgan fingerprint density at radius 2 is 2.06 bits per heavy atom. The number of amides is 1. The molecule has 1 fully saturated rings. The standard InChI is InChI=1S/C21H25N7O3/c1-26-12-15(29)11-16(26)21-24-23-17-13-27(9-10-28(17)21)19(30)8-7-18-22-20(25-31-18)14-5-3-2-4-6-14/h2-6,15-16,29H,7-13H2,1H3/t15-,16+/m1/s1. The summed E-state index contributed by atoms with van der Waals surface area (Å²) >= 11 is 0. The van der Waals surface area contributed by atoms with Crippen molar-refractivity contribution in [2.24, 2.45) is 0 Å². The molecule has 2 aliphatic heterocycles. The first-order chi connectivity index (χ1) is 15.1. The van der Waals surface area contributed by atoms with Crippen LogP contribution < -0.4 is 0 Å². The van der Waals surface area contributed by atoms with E-state index in [0.29, 0.717) is 57.2 Å². The van der Waals surface area contributed by atoms with Crippen LogP contribution in [0.4, 0.5) is 0 Å². The maximum Gasteiger partial charge on any atom is 0.227 e. The molecule has 0 aliphatic carbocycles. The lowest BCUT2D eigenvalue weighted by molar-refractivity contribution is -0.132. The molecule has 0 saturated carbocycles. The molecule has 0 unspecified atom stereocenters. The quantitative estimate of drug-likeness (QED) is 0.648. The topological polar surface area (TPSA) is 113 Å². The summed E-state index contributed by atoms with van der Waals surface area (Å²) in [7, 11) is 1.99. The summed E-state index contributed by atoms with van der Waals surface area (Å²) in [5.41, 5.74) is 0.885. The number of hydrogen-bond acceptors (Lipinski definition) is 8. The molecule has 0 spiro atoms. The summed E-state index contributed by atoms with van der Waals surface area (Å²) in [4.78, 5) is 21.1. The summed E-state index contributed by atoms with van der Waals surface area (Å²) in [6, 6.07) is 9.67. The van der Waals surface area contributed by atoms with Crippen molar-refractivity contribution in [3.8, 4) is 11.4 Å². The molecule has 1 N–H and O–H groups in total. The van der Waals surface area contributed by atoms with Crippen molar-refractivity contribution in [2.75, 3.05) is 20.1 Å². The fourth-order valence-corrected chi connectivity index (χ4v) is 4.35. The van der Waals surface area contributed by atoms with Crippen LogP contribution in [0.15, 0.2) is 34.9 Å². The third-order valence-electron chi connectivity index (χ3n) is 6.01. The SMILES string of the molecule is CN1C[C@H](O)C[C@H]1c1nnc2n1CCN(C(=O)CCc1nc(-c3ccccc3)no1)C2. The number of nitrogens with zero attached hydrogens (tertiary/aromatic N) is 7. The highest BCUT2D eigenvalue weighted by molar-refractivity contribution is 5.76. The number of rotatable bonds is 5. The van der Waals surface area contributed by atoms with Crippen LogP contribution in [-0.2, 0) is 24.3 Å². The van der Waals surface area contributed by atoms with Crippen LogP contribution in [0.1, 0.15) is 36.4 Å². The fourth-order valence-electron chi connectivity index (χ4n) is 4.35. The summed E-state index contributed by atoms with van der Waals surface area (Å²) in [6.07, 6.45) is 1.02. The number of likely N-dealkylation sites (tertiary alicyclic amines) is 1. The molecule has 4 heterocycles. The van der Waals surface area contributed by atoms with Crippen LogP contribution in [0.25, 0.3) is 11.4 Å². The van der Waals surface area contributed by atoms with Gasteiger partial charge in [0.1, 0.15) is 0 Å². The average Bonchev–Trinajstić information content (AvgIpc) is 3.50. The predicted octanol–water partition coefficient (Wildman–Crippen LogP) is 1.04. The van der Waals surface area contributed by atoms with Crippen molar-refractivity contribution in [1.82, 2.24) is 34.7 Å². The zero-order valence-electron chi connectivity index (χ0n) is 17.4. The zero-order valence-corrected chi connectivity index (χ0v) is 17.4. The molecule has 1 amide bonds. The average molecular weight is 423 g/mol. The minimum atomic E-state index is -0.336. The summed E-state index contributed by atoms with van der Waals surface area (Å²) < 4.78 is 7.40. The Kier molecular flexibility index (Phi) is 5.24. The van der Waals surface area contributed by atoms with Crippen LogP contribution in [0.5, 0.6) is 0 Å². The number of aliphatic hydroxyl groups is 1. The van der Waals surface area contributed by atoms with Crippen molar-refractivity contribution in [3.05, 3.63) is 47.9 Å². The molecule has 10 nitrogen and oxygen atoms in total. The van der Waals surface area contributed by atoms with E-state index in [9.17, 15) is 9.90 Å². The minimum absolute atomic E-state index is 0.0312. The van der Waals surface area contributed by atoms with Gasteiger partial charge < -0.3 is 19.1 Å². The normalized spacial score (nSPS) is 21.4. The number of aryl methyl sites for hydroxylation is 1. The molecule has 5 rings (SSSR count). The van der Waals surface area contributed by atoms with Gasteiger partial charge in [0.15, 0.2) is 11.6 Å². The Labute approximate surface area is 179 Å². The van der Waals surface area contributed by atoms with Crippen LogP contribution in [-0.4, -0.2) is 72.0 Å². The molecule has 31 heavy (non-hydrogen) atoms. The molecule has 162 valence electrons. The highest BCUT2D eigenvalue weighted by Gasteiger charge is 2.35. The highest BCUT2D eigenvalue weighted by atomic mass is 16.5. The number of likely N-dealkylation sites (N-methyl/N-ethyl adjacent to an activating group) is 1. The number of carbonyl (C=O) groups is 1. The molecular weight excluding hydrogens is 398 g/mol. The smallest absolute Gasteiger partial charge is 0.227 e. The number of β-amino-alcohol motifs (C(OH)–C–C–N with tert-alkyl or cyclic N) is 1. The first kappa shape index (κ1) is 19.8. The van der Waals surface area contributed by atoms with Crippen molar-refractivity contribution in [2.45, 2.75) is 44.5 Å². The van der Waals surface area contributed by atoms with E-state index in [-0.39, 0.29) is 18.1 Å². The van der Waals surface area contributed by atoms with Gasteiger partial charge in [-0.05, 0) is 13.5 Å². The molecule has 3 aromatic rings. The van der Waals surface area contributed by atoms with E-state index >= 15 is 0 Å². The number of benzene rings is 1. The molecule has 2 aliphatic rings. The molecule has 0 radical (unpaired) electrons. The van der Waals surface area contributed by atoms with Gasteiger partial charge in [-0.1, -0.05) is 35.5 Å².